The zero-order valence-corrected chi connectivity index (χ0v) is 10.8. The van der Waals surface area contributed by atoms with Crippen LogP contribution in [0.1, 0.15) is 15.9 Å². The fraction of sp³-hybridized carbons (Fsp3) is 0.0714. The van der Waals surface area contributed by atoms with E-state index >= 15 is 0 Å². The molecule has 0 atom stereocenters. The van der Waals surface area contributed by atoms with Gasteiger partial charge < -0.3 is 4.74 Å². The van der Waals surface area contributed by atoms with Crippen LogP contribution in [0.2, 0.25) is 0 Å². The Balaban J connectivity index is 2.48. The molecule has 0 heterocycles. The molecule has 0 amide bonds. The first-order chi connectivity index (χ1) is 9.93. The van der Waals surface area contributed by atoms with E-state index in [9.17, 15) is 23.7 Å². The minimum Gasteiger partial charge on any atom is -0.497 e. The number of hydrogen-bond acceptors (Lipinski definition) is 4. The molecule has 0 aliphatic heterocycles. The van der Waals surface area contributed by atoms with Gasteiger partial charge in [0.1, 0.15) is 11.6 Å². The number of nitrogens with zero attached hydrogens (tertiary/aromatic N) is 1. The summed E-state index contributed by atoms with van der Waals surface area (Å²) in [5.74, 6) is -2.84. The standard InChI is InChI=1S/C14H9F2NO4/c1-21-9-4-2-3-8(5-9)14(18)10-6-12(16)13(17(19)20)7-11(10)15/h2-7H,1H3. The van der Waals surface area contributed by atoms with Gasteiger partial charge in [0, 0.05) is 5.56 Å². The maximum absolute atomic E-state index is 13.8. The monoisotopic (exact) mass is 293 g/mol. The lowest BCUT2D eigenvalue weighted by molar-refractivity contribution is -0.387. The first-order valence-corrected chi connectivity index (χ1v) is 5.76. The van der Waals surface area contributed by atoms with Crippen LogP contribution in [0.4, 0.5) is 14.5 Å². The number of carbonyl (C=O) groups excluding carboxylic acids is 1. The molecule has 0 aliphatic rings. The molecule has 0 bridgehead atoms. The van der Waals surface area contributed by atoms with Gasteiger partial charge >= 0.3 is 5.69 Å². The minimum atomic E-state index is -1.27. The largest absolute Gasteiger partial charge is 0.497 e. The molecule has 0 aromatic heterocycles. The van der Waals surface area contributed by atoms with Crippen LogP contribution in [0.5, 0.6) is 5.75 Å². The second-order valence-electron chi connectivity index (χ2n) is 4.10. The van der Waals surface area contributed by atoms with Crippen LogP contribution in [0.15, 0.2) is 36.4 Å². The molecule has 2 aromatic carbocycles. The highest BCUT2D eigenvalue weighted by molar-refractivity contribution is 6.09. The van der Waals surface area contributed by atoms with Gasteiger partial charge in [0.15, 0.2) is 5.78 Å². The highest BCUT2D eigenvalue weighted by Gasteiger charge is 2.22. The van der Waals surface area contributed by atoms with Crippen LogP contribution in [-0.2, 0) is 0 Å². The number of nitro groups is 1. The van der Waals surface area contributed by atoms with Crippen molar-refractivity contribution < 1.29 is 23.2 Å². The smallest absolute Gasteiger partial charge is 0.307 e. The maximum atomic E-state index is 13.8. The molecule has 0 fully saturated rings. The number of ketones is 1. The van der Waals surface area contributed by atoms with Gasteiger partial charge in [-0.3, -0.25) is 14.9 Å². The Bertz CT molecular complexity index is 731. The summed E-state index contributed by atoms with van der Waals surface area (Å²) in [6.07, 6.45) is 0. The fourth-order valence-electron chi connectivity index (χ4n) is 1.77. The van der Waals surface area contributed by atoms with E-state index in [1.807, 2.05) is 0 Å². The van der Waals surface area contributed by atoms with Crippen molar-refractivity contribution in [3.8, 4) is 5.75 Å². The summed E-state index contributed by atoms with van der Waals surface area (Å²) >= 11 is 0. The quantitative estimate of drug-likeness (QED) is 0.493. The van der Waals surface area contributed by atoms with E-state index in [1.165, 1.54) is 25.3 Å². The van der Waals surface area contributed by atoms with E-state index < -0.39 is 33.6 Å². The van der Waals surface area contributed by atoms with Gasteiger partial charge in [0.2, 0.25) is 5.82 Å². The lowest BCUT2D eigenvalue weighted by Gasteiger charge is -2.05. The van der Waals surface area contributed by atoms with Crippen LogP contribution in [0.3, 0.4) is 0 Å². The maximum Gasteiger partial charge on any atom is 0.307 e. The van der Waals surface area contributed by atoms with Gasteiger partial charge in [0.25, 0.3) is 0 Å². The van der Waals surface area contributed by atoms with Crippen molar-refractivity contribution >= 4 is 11.5 Å². The number of benzene rings is 2. The van der Waals surface area contributed by atoms with Gasteiger partial charge in [0.05, 0.1) is 23.7 Å². The predicted molar refractivity (Wildman–Crippen MR) is 69.4 cm³/mol. The van der Waals surface area contributed by atoms with Crippen LogP contribution >= 0.6 is 0 Å². The Morgan fingerprint density at radius 1 is 1.19 bits per heavy atom. The minimum absolute atomic E-state index is 0.0847. The molecule has 7 heteroatoms. The Labute approximate surface area is 117 Å². The lowest BCUT2D eigenvalue weighted by atomic mass is 10.0. The van der Waals surface area contributed by atoms with Gasteiger partial charge in [-0.25, -0.2) is 4.39 Å². The van der Waals surface area contributed by atoms with E-state index in [0.717, 1.165) is 0 Å². The Morgan fingerprint density at radius 3 is 2.52 bits per heavy atom. The molecule has 2 aromatic rings. The zero-order valence-electron chi connectivity index (χ0n) is 10.8. The molecule has 0 aliphatic carbocycles. The third-order valence-corrected chi connectivity index (χ3v) is 2.81. The summed E-state index contributed by atoms with van der Waals surface area (Å²) in [7, 11) is 1.40. The lowest BCUT2D eigenvalue weighted by Crippen LogP contribution is -2.07. The molecule has 5 nitrogen and oxygen atoms in total. The molecule has 21 heavy (non-hydrogen) atoms. The molecule has 0 radical (unpaired) electrons. The average Bonchev–Trinajstić information content (AvgIpc) is 2.48. The van der Waals surface area contributed by atoms with Gasteiger partial charge in [-0.15, -0.1) is 0 Å². The number of nitro benzene ring substituents is 1. The van der Waals surface area contributed by atoms with Crippen molar-refractivity contribution in [3.05, 3.63) is 69.3 Å². The molecule has 0 saturated heterocycles. The van der Waals surface area contributed by atoms with Crippen molar-refractivity contribution in [2.24, 2.45) is 0 Å². The first-order valence-electron chi connectivity index (χ1n) is 5.76. The normalized spacial score (nSPS) is 10.2. The van der Waals surface area contributed by atoms with Crippen LogP contribution < -0.4 is 4.74 Å². The van der Waals surface area contributed by atoms with E-state index in [-0.39, 0.29) is 5.56 Å². The second kappa shape index (κ2) is 5.66. The van der Waals surface area contributed by atoms with Gasteiger partial charge in [-0.05, 0) is 18.2 Å². The third kappa shape index (κ3) is 2.86. The van der Waals surface area contributed by atoms with Crippen LogP contribution in [-0.4, -0.2) is 17.8 Å². The third-order valence-electron chi connectivity index (χ3n) is 2.81. The highest BCUT2D eigenvalue weighted by atomic mass is 19.1. The average molecular weight is 293 g/mol. The molecule has 2 rings (SSSR count). The number of ether oxygens (including phenoxy) is 1. The van der Waals surface area contributed by atoms with Crippen LogP contribution in [0.25, 0.3) is 0 Å². The highest BCUT2D eigenvalue weighted by Crippen LogP contribution is 2.24. The van der Waals surface area contributed by atoms with E-state index in [2.05, 4.69) is 0 Å². The van der Waals surface area contributed by atoms with Gasteiger partial charge in [-0.1, -0.05) is 12.1 Å². The van der Waals surface area contributed by atoms with E-state index in [0.29, 0.717) is 17.9 Å². The van der Waals surface area contributed by atoms with Crippen molar-refractivity contribution in [1.82, 2.24) is 0 Å². The first kappa shape index (κ1) is 14.6. The SMILES string of the molecule is COc1cccc(C(=O)c2cc(F)c([N+](=O)[O-])cc2F)c1. The molecular formula is C14H9F2NO4. The summed E-state index contributed by atoms with van der Waals surface area (Å²) in [5.41, 5.74) is -1.51. The molecule has 0 spiro atoms. The molecule has 0 saturated carbocycles. The van der Waals surface area contributed by atoms with Crippen molar-refractivity contribution in [2.45, 2.75) is 0 Å². The Morgan fingerprint density at radius 2 is 1.90 bits per heavy atom. The predicted octanol–water partition coefficient (Wildman–Crippen LogP) is 3.11. The summed E-state index contributed by atoms with van der Waals surface area (Å²) in [5, 5.41) is 10.5. The number of carbonyl (C=O) groups is 1. The number of hydrogen-bond donors (Lipinski definition) is 0. The number of rotatable bonds is 4. The van der Waals surface area contributed by atoms with Crippen molar-refractivity contribution in [1.29, 1.82) is 0 Å². The van der Waals surface area contributed by atoms with Gasteiger partial charge in [-0.2, -0.15) is 4.39 Å². The fourth-order valence-corrected chi connectivity index (χ4v) is 1.77. The second-order valence-corrected chi connectivity index (χ2v) is 4.10. The van der Waals surface area contributed by atoms with E-state index in [4.69, 9.17) is 4.74 Å². The summed E-state index contributed by atoms with van der Waals surface area (Å²) in [6, 6.07) is 6.79. The molecule has 0 N–H and O–H groups in total. The number of halogens is 2. The Kier molecular flexibility index (Phi) is 3.93. The zero-order chi connectivity index (χ0) is 15.6. The molecule has 108 valence electrons. The van der Waals surface area contributed by atoms with Crippen molar-refractivity contribution in [3.63, 3.8) is 0 Å². The summed E-state index contributed by atoms with van der Waals surface area (Å²) in [6.45, 7) is 0. The molecular weight excluding hydrogens is 284 g/mol. The van der Waals surface area contributed by atoms with Crippen LogP contribution in [0, 0.1) is 21.7 Å². The summed E-state index contributed by atoms with van der Waals surface area (Å²) in [4.78, 5) is 21.6. The summed E-state index contributed by atoms with van der Waals surface area (Å²) < 4.78 is 32.2. The molecule has 0 unspecified atom stereocenters. The van der Waals surface area contributed by atoms with Crippen molar-refractivity contribution in [2.75, 3.05) is 7.11 Å². The number of methoxy groups -OCH3 is 1. The van der Waals surface area contributed by atoms with E-state index in [1.54, 1.807) is 6.07 Å². The topological polar surface area (TPSA) is 69.4 Å². The Hall–Kier alpha value is -2.83.